The third kappa shape index (κ3) is 2.83. The number of nitrogens with one attached hydrogen (secondary N) is 1. The third-order valence-electron chi connectivity index (χ3n) is 3.75. The minimum atomic E-state index is 0.346. The Balaban J connectivity index is 1.60. The first kappa shape index (κ1) is 12.0. The zero-order valence-electron chi connectivity index (χ0n) is 11.3. The second-order valence-corrected chi connectivity index (χ2v) is 6.32. The molecule has 1 saturated heterocycles. The number of aromatic nitrogens is 2. The van der Waals surface area contributed by atoms with Gasteiger partial charge in [-0.3, -0.25) is 0 Å². The van der Waals surface area contributed by atoms with Gasteiger partial charge in [0.25, 0.3) is 0 Å². The van der Waals surface area contributed by atoms with Crippen molar-refractivity contribution in [2.45, 2.75) is 52.1 Å². The molecule has 0 aromatic carbocycles. The Morgan fingerprint density at radius 3 is 2.94 bits per heavy atom. The first-order chi connectivity index (χ1) is 8.62. The number of hydrogen-bond donors (Lipinski definition) is 1. The van der Waals surface area contributed by atoms with Crippen molar-refractivity contribution in [3.8, 4) is 0 Å². The summed E-state index contributed by atoms with van der Waals surface area (Å²) < 4.78 is 5.74. The van der Waals surface area contributed by atoms with E-state index in [4.69, 9.17) is 4.42 Å². The van der Waals surface area contributed by atoms with E-state index in [-0.39, 0.29) is 0 Å². The van der Waals surface area contributed by atoms with E-state index in [1.165, 1.54) is 25.7 Å². The molecule has 1 aliphatic heterocycles. The van der Waals surface area contributed by atoms with Crippen LogP contribution in [0.5, 0.6) is 0 Å². The summed E-state index contributed by atoms with van der Waals surface area (Å²) in [4.78, 5) is 2.22. The summed E-state index contributed by atoms with van der Waals surface area (Å²) in [7, 11) is 0. The first-order valence-electron chi connectivity index (χ1n) is 6.93. The molecule has 0 atom stereocenters. The van der Waals surface area contributed by atoms with Crippen LogP contribution in [0.4, 0.5) is 6.01 Å². The molecule has 1 aromatic rings. The molecule has 2 fully saturated rings. The predicted octanol–water partition coefficient (Wildman–Crippen LogP) is 1.95. The summed E-state index contributed by atoms with van der Waals surface area (Å²) in [5.74, 6) is 0.709. The molecule has 100 valence electrons. The molecule has 0 amide bonds. The van der Waals surface area contributed by atoms with E-state index in [0.717, 1.165) is 13.1 Å². The maximum absolute atomic E-state index is 5.74. The standard InChI is InChI=1S/C13H22N4O/c1-13(2)6-3-7-17(9-13)12-16-15-11(18-12)8-14-10-4-5-10/h10,14H,3-9H2,1-2H3. The lowest BCUT2D eigenvalue weighted by atomic mass is 9.84. The van der Waals surface area contributed by atoms with Gasteiger partial charge in [-0.05, 0) is 31.1 Å². The fraction of sp³-hybridized carbons (Fsp3) is 0.846. The monoisotopic (exact) mass is 250 g/mol. The minimum Gasteiger partial charge on any atom is -0.407 e. The predicted molar refractivity (Wildman–Crippen MR) is 69.4 cm³/mol. The molecule has 5 heteroatoms. The topological polar surface area (TPSA) is 54.2 Å². The molecule has 0 bridgehead atoms. The van der Waals surface area contributed by atoms with Crippen LogP contribution in [0.1, 0.15) is 45.4 Å². The summed E-state index contributed by atoms with van der Waals surface area (Å²) in [6.45, 7) is 7.33. The Morgan fingerprint density at radius 1 is 1.39 bits per heavy atom. The van der Waals surface area contributed by atoms with E-state index in [2.05, 4.69) is 34.3 Å². The maximum atomic E-state index is 5.74. The average Bonchev–Trinajstić information content (AvgIpc) is 3.02. The van der Waals surface area contributed by atoms with Crippen LogP contribution in [0, 0.1) is 5.41 Å². The second-order valence-electron chi connectivity index (χ2n) is 6.32. The fourth-order valence-corrected chi connectivity index (χ4v) is 2.55. The van der Waals surface area contributed by atoms with Crippen LogP contribution < -0.4 is 10.2 Å². The summed E-state index contributed by atoms with van der Waals surface area (Å²) in [6.07, 6.45) is 5.03. The molecule has 2 aliphatic rings. The van der Waals surface area contributed by atoms with Crippen molar-refractivity contribution in [2.75, 3.05) is 18.0 Å². The number of nitrogens with zero attached hydrogens (tertiary/aromatic N) is 3. The van der Waals surface area contributed by atoms with Gasteiger partial charge in [0, 0.05) is 19.1 Å². The highest BCUT2D eigenvalue weighted by atomic mass is 16.4. The summed E-state index contributed by atoms with van der Waals surface area (Å²) in [5.41, 5.74) is 0.346. The van der Waals surface area contributed by atoms with E-state index < -0.39 is 0 Å². The van der Waals surface area contributed by atoms with Gasteiger partial charge in [0.2, 0.25) is 5.89 Å². The third-order valence-corrected chi connectivity index (χ3v) is 3.75. The molecule has 1 saturated carbocycles. The normalized spacial score (nSPS) is 23.3. The lowest BCUT2D eigenvalue weighted by molar-refractivity contribution is 0.282. The SMILES string of the molecule is CC1(C)CCCN(c2nnc(CNC3CC3)o2)C1. The van der Waals surface area contributed by atoms with E-state index in [0.29, 0.717) is 29.9 Å². The fourth-order valence-electron chi connectivity index (χ4n) is 2.55. The smallest absolute Gasteiger partial charge is 0.318 e. The number of piperidine rings is 1. The molecule has 1 aliphatic carbocycles. The molecule has 2 heterocycles. The zero-order chi connectivity index (χ0) is 12.6. The van der Waals surface area contributed by atoms with Crippen molar-refractivity contribution >= 4 is 6.01 Å². The highest BCUT2D eigenvalue weighted by Gasteiger charge is 2.29. The van der Waals surface area contributed by atoms with Crippen LogP contribution in [-0.4, -0.2) is 29.3 Å². The van der Waals surface area contributed by atoms with E-state index >= 15 is 0 Å². The number of anilines is 1. The Bertz CT molecular complexity index is 411. The van der Waals surface area contributed by atoms with Crippen molar-refractivity contribution < 1.29 is 4.42 Å². The van der Waals surface area contributed by atoms with Crippen LogP contribution in [-0.2, 0) is 6.54 Å². The van der Waals surface area contributed by atoms with E-state index in [9.17, 15) is 0 Å². The Kier molecular flexibility index (Phi) is 3.01. The second kappa shape index (κ2) is 4.53. The molecular formula is C13H22N4O. The van der Waals surface area contributed by atoms with Gasteiger partial charge in [-0.25, -0.2) is 0 Å². The average molecular weight is 250 g/mol. The van der Waals surface area contributed by atoms with Gasteiger partial charge in [-0.2, -0.15) is 0 Å². The molecule has 0 spiro atoms. The maximum Gasteiger partial charge on any atom is 0.318 e. The van der Waals surface area contributed by atoms with E-state index in [1.807, 2.05) is 0 Å². The van der Waals surface area contributed by atoms with Crippen molar-refractivity contribution in [3.05, 3.63) is 5.89 Å². The highest BCUT2D eigenvalue weighted by Crippen LogP contribution is 2.30. The molecule has 18 heavy (non-hydrogen) atoms. The molecular weight excluding hydrogens is 228 g/mol. The summed E-state index contributed by atoms with van der Waals surface area (Å²) in [6, 6.07) is 1.37. The van der Waals surface area contributed by atoms with Gasteiger partial charge in [-0.15, -0.1) is 5.10 Å². The van der Waals surface area contributed by atoms with Gasteiger partial charge in [0.1, 0.15) is 0 Å². The Hall–Kier alpha value is -1.10. The van der Waals surface area contributed by atoms with Gasteiger partial charge in [0.05, 0.1) is 6.54 Å². The Morgan fingerprint density at radius 2 is 2.22 bits per heavy atom. The van der Waals surface area contributed by atoms with Crippen molar-refractivity contribution in [1.29, 1.82) is 0 Å². The molecule has 0 radical (unpaired) electrons. The lowest BCUT2D eigenvalue weighted by Crippen LogP contribution is -2.40. The highest BCUT2D eigenvalue weighted by molar-refractivity contribution is 5.25. The van der Waals surface area contributed by atoms with Crippen LogP contribution in [0.2, 0.25) is 0 Å². The molecule has 1 N–H and O–H groups in total. The number of rotatable bonds is 4. The lowest BCUT2D eigenvalue weighted by Gasteiger charge is -2.36. The van der Waals surface area contributed by atoms with E-state index in [1.54, 1.807) is 0 Å². The quantitative estimate of drug-likeness (QED) is 0.885. The molecule has 5 nitrogen and oxygen atoms in total. The van der Waals surface area contributed by atoms with Crippen molar-refractivity contribution in [1.82, 2.24) is 15.5 Å². The van der Waals surface area contributed by atoms with Gasteiger partial charge < -0.3 is 14.6 Å². The number of hydrogen-bond acceptors (Lipinski definition) is 5. The van der Waals surface area contributed by atoms with Crippen molar-refractivity contribution in [3.63, 3.8) is 0 Å². The van der Waals surface area contributed by atoms with Crippen LogP contribution in [0.25, 0.3) is 0 Å². The first-order valence-corrected chi connectivity index (χ1v) is 6.93. The van der Waals surface area contributed by atoms with Gasteiger partial charge in [-0.1, -0.05) is 18.9 Å². The summed E-state index contributed by atoms with van der Waals surface area (Å²) in [5, 5.41) is 11.7. The van der Waals surface area contributed by atoms with Gasteiger partial charge >= 0.3 is 6.01 Å². The Labute approximate surface area is 108 Å². The van der Waals surface area contributed by atoms with Crippen LogP contribution >= 0.6 is 0 Å². The van der Waals surface area contributed by atoms with Crippen LogP contribution in [0.3, 0.4) is 0 Å². The largest absolute Gasteiger partial charge is 0.407 e. The zero-order valence-corrected chi connectivity index (χ0v) is 11.3. The minimum absolute atomic E-state index is 0.346. The molecule has 3 rings (SSSR count). The molecule has 1 aromatic heterocycles. The van der Waals surface area contributed by atoms with Crippen molar-refractivity contribution in [2.24, 2.45) is 5.41 Å². The molecule has 0 unspecified atom stereocenters. The summed E-state index contributed by atoms with van der Waals surface area (Å²) >= 11 is 0. The van der Waals surface area contributed by atoms with Gasteiger partial charge in [0.15, 0.2) is 0 Å². The van der Waals surface area contributed by atoms with Crippen LogP contribution in [0.15, 0.2) is 4.42 Å².